The molecule has 0 aromatic heterocycles. The summed E-state index contributed by atoms with van der Waals surface area (Å²) < 4.78 is 0. The number of halogens is 1. The monoisotopic (exact) mass is 428 g/mol. The van der Waals surface area contributed by atoms with Gasteiger partial charge in [0.15, 0.2) is 5.96 Å². The standard InChI is InChI=1S/C15H32N4S.HI/c1-4-16-15(17-10-6-7-13-20-3)18-11-12-19(5-2)14-8-9-14;/h14H,4-13H2,1-3H3,(H2,16,17,18);1H. The molecule has 0 saturated heterocycles. The van der Waals surface area contributed by atoms with Gasteiger partial charge in [0.2, 0.25) is 0 Å². The smallest absolute Gasteiger partial charge is 0.191 e. The quantitative estimate of drug-likeness (QED) is 0.230. The predicted molar refractivity (Wildman–Crippen MR) is 107 cm³/mol. The van der Waals surface area contributed by atoms with Gasteiger partial charge in [0.1, 0.15) is 0 Å². The number of likely N-dealkylation sites (N-methyl/N-ethyl adjacent to an activating group) is 1. The van der Waals surface area contributed by atoms with E-state index >= 15 is 0 Å². The number of hydrogen-bond acceptors (Lipinski definition) is 3. The summed E-state index contributed by atoms with van der Waals surface area (Å²) in [6.07, 6.45) is 7.37. The van der Waals surface area contributed by atoms with Gasteiger partial charge in [0.25, 0.3) is 0 Å². The molecule has 0 aromatic carbocycles. The summed E-state index contributed by atoms with van der Waals surface area (Å²) in [5, 5.41) is 6.78. The molecule has 1 fully saturated rings. The lowest BCUT2D eigenvalue weighted by Crippen LogP contribution is -2.42. The highest BCUT2D eigenvalue weighted by Crippen LogP contribution is 2.25. The van der Waals surface area contributed by atoms with Gasteiger partial charge in [0, 0.05) is 32.2 Å². The first kappa shape index (κ1) is 21.3. The third-order valence-corrected chi connectivity index (χ3v) is 4.23. The van der Waals surface area contributed by atoms with E-state index in [1.54, 1.807) is 0 Å². The predicted octanol–water partition coefficient (Wildman–Crippen LogP) is 2.79. The molecule has 0 atom stereocenters. The van der Waals surface area contributed by atoms with Crippen molar-refractivity contribution >= 4 is 41.7 Å². The van der Waals surface area contributed by atoms with E-state index in [1.807, 2.05) is 11.8 Å². The lowest BCUT2D eigenvalue weighted by Gasteiger charge is -2.20. The minimum absolute atomic E-state index is 0. The Morgan fingerprint density at radius 3 is 2.57 bits per heavy atom. The molecule has 0 heterocycles. The van der Waals surface area contributed by atoms with E-state index in [9.17, 15) is 0 Å². The molecule has 1 rings (SSSR count). The molecule has 0 aromatic rings. The van der Waals surface area contributed by atoms with Crippen molar-refractivity contribution < 1.29 is 0 Å². The van der Waals surface area contributed by atoms with Gasteiger partial charge in [0.05, 0.1) is 0 Å². The zero-order chi connectivity index (χ0) is 14.6. The van der Waals surface area contributed by atoms with Crippen LogP contribution in [0.5, 0.6) is 0 Å². The third kappa shape index (κ3) is 10.6. The maximum atomic E-state index is 4.64. The van der Waals surface area contributed by atoms with Crippen LogP contribution < -0.4 is 10.6 Å². The summed E-state index contributed by atoms with van der Waals surface area (Å²) >= 11 is 1.91. The minimum Gasteiger partial charge on any atom is -0.357 e. The Kier molecular flexibility index (Phi) is 14.1. The van der Waals surface area contributed by atoms with Crippen molar-refractivity contribution in [3.8, 4) is 0 Å². The van der Waals surface area contributed by atoms with E-state index in [0.29, 0.717) is 0 Å². The van der Waals surface area contributed by atoms with Gasteiger partial charge < -0.3 is 10.6 Å². The van der Waals surface area contributed by atoms with Gasteiger partial charge in [-0.15, -0.1) is 24.0 Å². The first-order chi connectivity index (χ1) is 9.81. The summed E-state index contributed by atoms with van der Waals surface area (Å²) in [6.45, 7) is 9.50. The second kappa shape index (κ2) is 13.9. The summed E-state index contributed by atoms with van der Waals surface area (Å²) in [6, 6.07) is 0.855. The summed E-state index contributed by atoms with van der Waals surface area (Å²) in [7, 11) is 0. The summed E-state index contributed by atoms with van der Waals surface area (Å²) in [4.78, 5) is 7.20. The molecule has 2 N–H and O–H groups in total. The van der Waals surface area contributed by atoms with Crippen molar-refractivity contribution in [3.05, 3.63) is 0 Å². The molecule has 0 unspecified atom stereocenters. The Balaban J connectivity index is 0.00000400. The van der Waals surface area contributed by atoms with Gasteiger partial charge in [-0.05, 0) is 51.2 Å². The molecule has 4 nitrogen and oxygen atoms in total. The van der Waals surface area contributed by atoms with Crippen LogP contribution in [0.15, 0.2) is 4.99 Å². The number of thioether (sulfide) groups is 1. The molecule has 1 aliphatic rings. The van der Waals surface area contributed by atoms with Gasteiger partial charge in [-0.25, -0.2) is 0 Å². The van der Waals surface area contributed by atoms with E-state index in [4.69, 9.17) is 0 Å². The molecule has 6 heteroatoms. The van der Waals surface area contributed by atoms with Crippen LogP contribution in [0.1, 0.15) is 39.5 Å². The number of nitrogens with zero attached hydrogens (tertiary/aromatic N) is 2. The second-order valence-electron chi connectivity index (χ2n) is 5.25. The Morgan fingerprint density at radius 1 is 1.24 bits per heavy atom. The zero-order valence-electron chi connectivity index (χ0n) is 13.9. The van der Waals surface area contributed by atoms with E-state index in [-0.39, 0.29) is 24.0 Å². The normalized spacial score (nSPS) is 15.0. The average Bonchev–Trinajstić information content (AvgIpc) is 3.27. The SMILES string of the molecule is CCNC(=NCCCCSC)NCCN(CC)C1CC1.I. The Labute approximate surface area is 152 Å². The number of guanidine groups is 1. The van der Waals surface area contributed by atoms with Crippen LogP contribution in [-0.2, 0) is 0 Å². The number of nitrogens with one attached hydrogen (secondary N) is 2. The largest absolute Gasteiger partial charge is 0.357 e. The molecule has 21 heavy (non-hydrogen) atoms. The van der Waals surface area contributed by atoms with Crippen LogP contribution in [0.4, 0.5) is 0 Å². The topological polar surface area (TPSA) is 39.7 Å². The molecular formula is C15H33IN4S. The van der Waals surface area contributed by atoms with Crippen LogP contribution in [0.25, 0.3) is 0 Å². The average molecular weight is 428 g/mol. The number of hydrogen-bond donors (Lipinski definition) is 2. The zero-order valence-corrected chi connectivity index (χ0v) is 17.0. The number of unbranched alkanes of at least 4 members (excludes halogenated alkanes) is 1. The molecule has 0 spiro atoms. The van der Waals surface area contributed by atoms with Crippen molar-refractivity contribution in [2.45, 2.75) is 45.6 Å². The highest BCUT2D eigenvalue weighted by atomic mass is 127. The maximum absolute atomic E-state index is 4.64. The number of rotatable bonds is 11. The highest BCUT2D eigenvalue weighted by Gasteiger charge is 2.27. The van der Waals surface area contributed by atoms with Gasteiger partial charge in [-0.2, -0.15) is 11.8 Å². The molecule has 0 amide bonds. The van der Waals surface area contributed by atoms with Crippen molar-refractivity contribution in [2.75, 3.05) is 44.7 Å². The first-order valence-corrected chi connectivity index (χ1v) is 9.46. The molecule has 0 radical (unpaired) electrons. The van der Waals surface area contributed by atoms with Crippen LogP contribution in [0.3, 0.4) is 0 Å². The van der Waals surface area contributed by atoms with Gasteiger partial charge >= 0.3 is 0 Å². The fraction of sp³-hybridized carbons (Fsp3) is 0.933. The van der Waals surface area contributed by atoms with Crippen molar-refractivity contribution in [2.24, 2.45) is 4.99 Å². The molecule has 1 aliphatic carbocycles. The second-order valence-corrected chi connectivity index (χ2v) is 6.23. The molecule has 0 aliphatic heterocycles. The lowest BCUT2D eigenvalue weighted by atomic mass is 10.3. The summed E-state index contributed by atoms with van der Waals surface area (Å²) in [5.41, 5.74) is 0. The van der Waals surface area contributed by atoms with E-state index in [1.165, 1.54) is 31.4 Å². The number of aliphatic imine (C=N–C) groups is 1. The molecule has 0 bridgehead atoms. The Morgan fingerprint density at radius 2 is 2.00 bits per heavy atom. The fourth-order valence-corrected chi connectivity index (χ4v) is 2.74. The van der Waals surface area contributed by atoms with Crippen molar-refractivity contribution in [1.82, 2.24) is 15.5 Å². The van der Waals surface area contributed by atoms with E-state index in [2.05, 4.69) is 40.6 Å². The highest BCUT2D eigenvalue weighted by molar-refractivity contribution is 14.0. The van der Waals surface area contributed by atoms with Gasteiger partial charge in [-0.1, -0.05) is 6.92 Å². The van der Waals surface area contributed by atoms with Gasteiger partial charge in [-0.3, -0.25) is 9.89 Å². The van der Waals surface area contributed by atoms with Crippen LogP contribution in [0, 0.1) is 0 Å². The maximum Gasteiger partial charge on any atom is 0.191 e. The van der Waals surface area contributed by atoms with Crippen LogP contribution >= 0.6 is 35.7 Å². The third-order valence-electron chi connectivity index (χ3n) is 3.53. The first-order valence-electron chi connectivity index (χ1n) is 8.07. The fourth-order valence-electron chi connectivity index (χ4n) is 2.25. The Bertz CT molecular complexity index is 272. The van der Waals surface area contributed by atoms with Crippen molar-refractivity contribution in [1.29, 1.82) is 0 Å². The summed E-state index contributed by atoms with van der Waals surface area (Å²) in [5.74, 6) is 2.22. The molecular weight excluding hydrogens is 395 g/mol. The molecule has 126 valence electrons. The molecule has 1 saturated carbocycles. The lowest BCUT2D eigenvalue weighted by molar-refractivity contribution is 0.282. The van der Waals surface area contributed by atoms with Crippen molar-refractivity contribution in [3.63, 3.8) is 0 Å². The van der Waals surface area contributed by atoms with E-state index in [0.717, 1.165) is 44.7 Å². The van der Waals surface area contributed by atoms with Crippen LogP contribution in [-0.4, -0.2) is 61.6 Å². The van der Waals surface area contributed by atoms with E-state index < -0.39 is 0 Å². The Hall–Kier alpha value is 0.310. The van der Waals surface area contributed by atoms with Crippen LogP contribution in [0.2, 0.25) is 0 Å². The minimum atomic E-state index is 0.